The molecule has 2 aromatic rings. The number of pyridine rings is 1. The maximum absolute atomic E-state index is 12.3. The van der Waals surface area contributed by atoms with Crippen LogP contribution in [0.25, 0.3) is 11.4 Å². The highest BCUT2D eigenvalue weighted by Crippen LogP contribution is 2.29. The zero-order valence-corrected chi connectivity index (χ0v) is 8.28. The van der Waals surface area contributed by atoms with Crippen molar-refractivity contribution in [2.75, 3.05) is 0 Å². The second-order valence-corrected chi connectivity index (χ2v) is 3.18. The Morgan fingerprint density at radius 2 is 2.00 bits per heavy atom. The second kappa shape index (κ2) is 3.90. The molecule has 0 unspecified atom stereocenters. The van der Waals surface area contributed by atoms with Gasteiger partial charge in [0.25, 0.3) is 0 Å². The van der Waals surface area contributed by atoms with Gasteiger partial charge in [0.15, 0.2) is 0 Å². The molecule has 2 aromatic heterocycles. The number of hydrogen-bond acceptors (Lipinski definition) is 3. The second-order valence-electron chi connectivity index (χ2n) is 3.18. The first-order chi connectivity index (χ1) is 8.00. The number of rotatable bonds is 1. The Balaban J connectivity index is 2.33. The van der Waals surface area contributed by atoms with Crippen molar-refractivity contribution >= 4 is 0 Å². The van der Waals surface area contributed by atoms with Gasteiger partial charge in [0.05, 0.1) is 11.3 Å². The molecular formula is C10H5F3N4. The summed E-state index contributed by atoms with van der Waals surface area (Å²) in [6.45, 7) is 0. The maximum atomic E-state index is 12.3. The summed E-state index contributed by atoms with van der Waals surface area (Å²) in [7, 11) is 0. The number of hydrogen-bond donors (Lipinski definition) is 1. The van der Waals surface area contributed by atoms with E-state index < -0.39 is 11.7 Å². The molecule has 86 valence electrons. The molecule has 0 radical (unpaired) electrons. The largest absolute Gasteiger partial charge is 0.417 e. The smallest absolute Gasteiger partial charge is 0.336 e. The summed E-state index contributed by atoms with van der Waals surface area (Å²) in [6, 6.07) is 3.91. The highest BCUT2D eigenvalue weighted by Gasteiger charge is 2.30. The number of H-pyrrole nitrogens is 1. The lowest BCUT2D eigenvalue weighted by Crippen LogP contribution is -2.05. The molecule has 2 rings (SSSR count). The third-order valence-corrected chi connectivity index (χ3v) is 2.04. The van der Waals surface area contributed by atoms with Crippen molar-refractivity contribution in [3.05, 3.63) is 35.9 Å². The quantitative estimate of drug-likeness (QED) is 0.829. The van der Waals surface area contributed by atoms with Crippen LogP contribution in [0.4, 0.5) is 13.2 Å². The van der Waals surface area contributed by atoms with Gasteiger partial charge in [0.1, 0.15) is 11.8 Å². The van der Waals surface area contributed by atoms with Gasteiger partial charge < -0.3 is 4.98 Å². The van der Waals surface area contributed by atoms with E-state index in [4.69, 9.17) is 5.26 Å². The summed E-state index contributed by atoms with van der Waals surface area (Å²) in [4.78, 5) is 10.0. The molecule has 0 saturated carbocycles. The van der Waals surface area contributed by atoms with Crippen molar-refractivity contribution in [1.82, 2.24) is 15.0 Å². The van der Waals surface area contributed by atoms with E-state index in [0.29, 0.717) is 5.69 Å². The van der Waals surface area contributed by atoms with Crippen LogP contribution in [0.1, 0.15) is 11.4 Å². The normalized spacial score (nSPS) is 11.2. The minimum Gasteiger partial charge on any atom is -0.336 e. The van der Waals surface area contributed by atoms with Gasteiger partial charge in [0, 0.05) is 12.4 Å². The first kappa shape index (κ1) is 11.1. The van der Waals surface area contributed by atoms with Crippen LogP contribution in [0, 0.1) is 11.3 Å². The molecule has 0 aromatic carbocycles. The minimum absolute atomic E-state index is 0.0849. The standard InChI is InChI=1S/C10H5F3N4/c11-10(12,13)6-1-2-7(15-4-6)8-5-16-9(3-14)17-8/h1-2,4-5H,(H,16,17). The van der Waals surface area contributed by atoms with Crippen molar-refractivity contribution in [3.63, 3.8) is 0 Å². The number of imidazole rings is 1. The van der Waals surface area contributed by atoms with Gasteiger partial charge in [0.2, 0.25) is 5.82 Å². The molecule has 0 saturated heterocycles. The van der Waals surface area contributed by atoms with Crippen LogP contribution in [0.15, 0.2) is 24.5 Å². The van der Waals surface area contributed by atoms with Crippen LogP contribution in [-0.2, 0) is 6.18 Å². The minimum atomic E-state index is -4.41. The molecule has 0 atom stereocenters. The number of aromatic nitrogens is 3. The Kier molecular flexibility index (Phi) is 2.55. The Morgan fingerprint density at radius 3 is 2.47 bits per heavy atom. The fraction of sp³-hybridized carbons (Fsp3) is 0.100. The van der Waals surface area contributed by atoms with Crippen LogP contribution < -0.4 is 0 Å². The van der Waals surface area contributed by atoms with Gasteiger partial charge in [-0.2, -0.15) is 18.4 Å². The van der Waals surface area contributed by atoms with Crippen molar-refractivity contribution in [3.8, 4) is 17.5 Å². The molecule has 4 nitrogen and oxygen atoms in total. The summed E-state index contributed by atoms with van der Waals surface area (Å²) in [5, 5.41) is 8.54. The topological polar surface area (TPSA) is 65.4 Å². The Hall–Kier alpha value is -2.36. The molecule has 0 aliphatic rings. The lowest BCUT2D eigenvalue weighted by molar-refractivity contribution is -0.137. The molecule has 2 heterocycles. The fourth-order valence-corrected chi connectivity index (χ4v) is 1.22. The molecule has 0 fully saturated rings. The van der Waals surface area contributed by atoms with E-state index in [9.17, 15) is 13.2 Å². The number of nitrogens with zero attached hydrogens (tertiary/aromatic N) is 3. The molecule has 0 amide bonds. The van der Waals surface area contributed by atoms with Crippen LogP contribution in [0.3, 0.4) is 0 Å². The number of nitrogens with one attached hydrogen (secondary N) is 1. The van der Waals surface area contributed by atoms with Gasteiger partial charge in [-0.25, -0.2) is 4.98 Å². The average Bonchev–Trinajstić information content (AvgIpc) is 2.76. The van der Waals surface area contributed by atoms with E-state index in [2.05, 4.69) is 15.0 Å². The molecule has 0 bridgehead atoms. The molecule has 7 heteroatoms. The van der Waals surface area contributed by atoms with Gasteiger partial charge in [-0.1, -0.05) is 0 Å². The lowest BCUT2D eigenvalue weighted by Gasteiger charge is -2.05. The van der Waals surface area contributed by atoms with Crippen LogP contribution in [0.5, 0.6) is 0 Å². The first-order valence-corrected chi connectivity index (χ1v) is 4.50. The Labute approximate surface area is 93.8 Å². The van der Waals surface area contributed by atoms with Crippen LogP contribution in [0.2, 0.25) is 0 Å². The fourth-order valence-electron chi connectivity index (χ4n) is 1.22. The zero-order valence-electron chi connectivity index (χ0n) is 8.28. The van der Waals surface area contributed by atoms with E-state index >= 15 is 0 Å². The Bertz CT molecular complexity index is 562. The molecule has 0 aliphatic carbocycles. The first-order valence-electron chi connectivity index (χ1n) is 4.50. The summed E-state index contributed by atoms with van der Waals surface area (Å²) >= 11 is 0. The number of halogens is 3. The van der Waals surface area contributed by atoms with Crippen LogP contribution >= 0.6 is 0 Å². The van der Waals surface area contributed by atoms with Crippen molar-refractivity contribution in [2.45, 2.75) is 6.18 Å². The van der Waals surface area contributed by atoms with Crippen molar-refractivity contribution in [2.24, 2.45) is 0 Å². The van der Waals surface area contributed by atoms with Gasteiger partial charge >= 0.3 is 6.18 Å². The monoisotopic (exact) mass is 238 g/mol. The molecular weight excluding hydrogens is 233 g/mol. The van der Waals surface area contributed by atoms with E-state index in [-0.39, 0.29) is 11.5 Å². The van der Waals surface area contributed by atoms with Crippen molar-refractivity contribution < 1.29 is 13.2 Å². The summed E-state index contributed by atoms with van der Waals surface area (Å²) < 4.78 is 36.8. The number of alkyl halides is 3. The van der Waals surface area contributed by atoms with Crippen molar-refractivity contribution in [1.29, 1.82) is 5.26 Å². The SMILES string of the molecule is N#Cc1nc(-c2ccc(C(F)(F)F)cn2)c[nH]1. The lowest BCUT2D eigenvalue weighted by atomic mass is 10.2. The summed E-state index contributed by atoms with van der Waals surface area (Å²) in [6.07, 6.45) is -2.26. The summed E-state index contributed by atoms with van der Waals surface area (Å²) in [5.41, 5.74) is -0.219. The molecule has 0 spiro atoms. The van der Waals surface area contributed by atoms with E-state index in [0.717, 1.165) is 12.3 Å². The van der Waals surface area contributed by atoms with Gasteiger partial charge in [-0.15, -0.1) is 0 Å². The van der Waals surface area contributed by atoms with Gasteiger partial charge in [-0.05, 0) is 12.1 Å². The van der Waals surface area contributed by atoms with E-state index in [1.807, 2.05) is 0 Å². The van der Waals surface area contributed by atoms with Gasteiger partial charge in [-0.3, -0.25) is 4.98 Å². The molecule has 1 N–H and O–H groups in total. The number of aromatic amines is 1. The number of nitriles is 1. The average molecular weight is 238 g/mol. The van der Waals surface area contributed by atoms with E-state index in [1.165, 1.54) is 12.3 Å². The Morgan fingerprint density at radius 1 is 1.24 bits per heavy atom. The summed E-state index contributed by atoms with van der Waals surface area (Å²) in [5.74, 6) is 0.0849. The highest BCUT2D eigenvalue weighted by atomic mass is 19.4. The maximum Gasteiger partial charge on any atom is 0.417 e. The van der Waals surface area contributed by atoms with E-state index in [1.54, 1.807) is 6.07 Å². The van der Waals surface area contributed by atoms with Crippen LogP contribution in [-0.4, -0.2) is 15.0 Å². The third-order valence-electron chi connectivity index (χ3n) is 2.04. The highest BCUT2D eigenvalue weighted by molar-refractivity contribution is 5.53. The third kappa shape index (κ3) is 2.25. The molecule has 17 heavy (non-hydrogen) atoms. The zero-order chi connectivity index (χ0) is 12.5. The predicted octanol–water partition coefficient (Wildman–Crippen LogP) is 2.36. The molecule has 0 aliphatic heterocycles. The predicted molar refractivity (Wildman–Crippen MR) is 51.5 cm³/mol.